The van der Waals surface area contributed by atoms with Crippen LogP contribution in [-0.2, 0) is 6.42 Å². The summed E-state index contributed by atoms with van der Waals surface area (Å²) in [7, 11) is -0.812. The van der Waals surface area contributed by atoms with E-state index in [0.717, 1.165) is 11.1 Å². The zero-order chi connectivity index (χ0) is 14.5. The molecule has 1 aromatic rings. The van der Waals surface area contributed by atoms with Crippen LogP contribution in [0.1, 0.15) is 76.7 Å². The molecule has 0 spiro atoms. The van der Waals surface area contributed by atoms with Crippen molar-refractivity contribution in [3.8, 4) is 0 Å². The monoisotopic (exact) mass is 300 g/mol. The molecule has 2 fully saturated rings. The van der Waals surface area contributed by atoms with Crippen molar-refractivity contribution in [1.82, 2.24) is 0 Å². The van der Waals surface area contributed by atoms with Crippen molar-refractivity contribution in [1.29, 1.82) is 0 Å². The van der Waals surface area contributed by atoms with Crippen molar-refractivity contribution < 1.29 is 0 Å². The fourth-order valence-corrected chi connectivity index (χ4v) is 10.3. The minimum Gasteiger partial charge on any atom is -0.0630 e. The third-order valence-electron chi connectivity index (χ3n) is 6.11. The third kappa shape index (κ3) is 3.61. The number of rotatable bonds is 4. The van der Waals surface area contributed by atoms with Gasteiger partial charge in [0.1, 0.15) is 0 Å². The van der Waals surface area contributed by atoms with Gasteiger partial charge in [0, 0.05) is 0 Å². The van der Waals surface area contributed by atoms with Crippen LogP contribution in [0.25, 0.3) is 0 Å². The van der Waals surface area contributed by atoms with Crippen molar-refractivity contribution in [3.05, 3.63) is 29.8 Å². The Morgan fingerprint density at radius 3 is 1.86 bits per heavy atom. The zero-order valence-electron chi connectivity index (χ0n) is 13.8. The molecule has 0 aliphatic heterocycles. The second-order valence-electron chi connectivity index (χ2n) is 7.37. The maximum atomic E-state index is 2.53. The van der Waals surface area contributed by atoms with Gasteiger partial charge in [0.2, 0.25) is 0 Å². The molecule has 0 heterocycles. The SMILES string of the molecule is CCc1ccccc1[SiH](C1CCCCC1)C1CCCCC1. The molecule has 0 N–H and O–H groups in total. The highest BCUT2D eigenvalue weighted by atomic mass is 28.3. The molecule has 0 saturated heterocycles. The minimum absolute atomic E-state index is 0.812. The topological polar surface area (TPSA) is 0 Å². The van der Waals surface area contributed by atoms with Crippen molar-refractivity contribution in [3.63, 3.8) is 0 Å². The van der Waals surface area contributed by atoms with E-state index >= 15 is 0 Å². The van der Waals surface area contributed by atoms with E-state index in [2.05, 4.69) is 31.2 Å². The van der Waals surface area contributed by atoms with Crippen LogP contribution in [0.4, 0.5) is 0 Å². The molecule has 0 nitrogen and oxygen atoms in total. The lowest BCUT2D eigenvalue weighted by molar-refractivity contribution is 0.465. The van der Waals surface area contributed by atoms with Gasteiger partial charge in [-0.05, 0) is 23.1 Å². The molecule has 1 aromatic carbocycles. The van der Waals surface area contributed by atoms with E-state index in [9.17, 15) is 0 Å². The quantitative estimate of drug-likeness (QED) is 0.657. The first-order valence-electron chi connectivity index (χ1n) is 9.48. The number of hydrogen-bond donors (Lipinski definition) is 0. The molecule has 2 aliphatic rings. The molecule has 0 radical (unpaired) electrons. The Balaban J connectivity index is 1.89. The van der Waals surface area contributed by atoms with E-state index in [1.54, 1.807) is 31.2 Å². The molecular weight excluding hydrogens is 268 g/mol. The van der Waals surface area contributed by atoms with Crippen molar-refractivity contribution in [2.24, 2.45) is 0 Å². The lowest BCUT2D eigenvalue weighted by atomic mass is 9.99. The second-order valence-corrected chi connectivity index (χ2v) is 10.9. The van der Waals surface area contributed by atoms with Gasteiger partial charge in [0.05, 0.1) is 8.80 Å². The zero-order valence-corrected chi connectivity index (χ0v) is 15.0. The fraction of sp³-hybridized carbons (Fsp3) is 0.700. The highest BCUT2D eigenvalue weighted by Crippen LogP contribution is 2.41. The van der Waals surface area contributed by atoms with E-state index in [4.69, 9.17) is 0 Å². The van der Waals surface area contributed by atoms with Crippen molar-refractivity contribution in [2.45, 2.75) is 88.6 Å². The Hall–Kier alpha value is -0.563. The van der Waals surface area contributed by atoms with Crippen LogP contribution in [-0.4, -0.2) is 8.80 Å². The molecule has 1 heteroatoms. The summed E-state index contributed by atoms with van der Waals surface area (Å²) in [6.45, 7) is 2.35. The van der Waals surface area contributed by atoms with Crippen LogP contribution in [0.3, 0.4) is 0 Å². The van der Waals surface area contributed by atoms with Gasteiger partial charge in [-0.2, -0.15) is 0 Å². The summed E-state index contributed by atoms with van der Waals surface area (Å²) in [5, 5.41) is 1.86. The van der Waals surface area contributed by atoms with Crippen LogP contribution in [0.15, 0.2) is 24.3 Å². The van der Waals surface area contributed by atoms with Crippen LogP contribution in [0, 0.1) is 0 Å². The van der Waals surface area contributed by atoms with E-state index in [0.29, 0.717) is 0 Å². The second kappa shape index (κ2) is 7.62. The molecule has 2 saturated carbocycles. The van der Waals surface area contributed by atoms with Gasteiger partial charge in [0.25, 0.3) is 0 Å². The molecule has 2 aliphatic carbocycles. The van der Waals surface area contributed by atoms with Gasteiger partial charge < -0.3 is 0 Å². The molecule has 116 valence electrons. The molecule has 3 rings (SSSR count). The average molecular weight is 301 g/mol. The standard InChI is InChI=1S/C20H32Si/c1-2-17-11-9-10-16-20(17)21(18-12-5-3-6-13-18)19-14-7-4-8-15-19/h9-11,16,18-19,21H,2-8,12-15H2,1H3. The minimum atomic E-state index is -0.812. The van der Waals surface area contributed by atoms with Gasteiger partial charge in [-0.15, -0.1) is 0 Å². The summed E-state index contributed by atoms with van der Waals surface area (Å²) < 4.78 is 0. The highest BCUT2D eigenvalue weighted by molar-refractivity contribution is 6.76. The molecule has 0 atom stereocenters. The van der Waals surface area contributed by atoms with Crippen LogP contribution in [0.2, 0.25) is 11.1 Å². The molecule has 0 amide bonds. The van der Waals surface area contributed by atoms with Crippen molar-refractivity contribution in [2.75, 3.05) is 0 Å². The summed E-state index contributed by atoms with van der Waals surface area (Å²) in [6, 6.07) is 9.52. The summed E-state index contributed by atoms with van der Waals surface area (Å²) in [4.78, 5) is 0. The summed E-state index contributed by atoms with van der Waals surface area (Å²) in [5.41, 5.74) is 3.90. The van der Waals surface area contributed by atoms with Gasteiger partial charge in [-0.1, -0.05) is 101 Å². The number of benzene rings is 1. The lowest BCUT2D eigenvalue weighted by Crippen LogP contribution is -2.42. The Kier molecular flexibility index (Phi) is 5.57. The van der Waals surface area contributed by atoms with Gasteiger partial charge in [-0.3, -0.25) is 0 Å². The maximum absolute atomic E-state index is 2.53. The first kappa shape index (κ1) is 15.3. The van der Waals surface area contributed by atoms with E-state index in [1.807, 2.05) is 5.19 Å². The maximum Gasteiger partial charge on any atom is 0.0773 e. The molecule has 0 aromatic heterocycles. The first-order valence-corrected chi connectivity index (χ1v) is 11.4. The Morgan fingerprint density at radius 2 is 1.33 bits per heavy atom. The predicted molar refractivity (Wildman–Crippen MR) is 96.3 cm³/mol. The van der Waals surface area contributed by atoms with Gasteiger partial charge in [-0.25, -0.2) is 0 Å². The molecule has 0 bridgehead atoms. The van der Waals surface area contributed by atoms with Crippen LogP contribution < -0.4 is 5.19 Å². The Morgan fingerprint density at radius 1 is 0.810 bits per heavy atom. The normalized spacial score (nSPS) is 21.8. The molecular formula is C20H32Si. The summed E-state index contributed by atoms with van der Waals surface area (Å²) in [6.07, 6.45) is 16.5. The Bertz CT molecular complexity index is 409. The average Bonchev–Trinajstić information content (AvgIpc) is 2.58. The largest absolute Gasteiger partial charge is 0.0773 e. The smallest absolute Gasteiger partial charge is 0.0630 e. The molecule has 21 heavy (non-hydrogen) atoms. The first-order chi connectivity index (χ1) is 10.4. The van der Waals surface area contributed by atoms with Crippen molar-refractivity contribution >= 4 is 14.0 Å². The lowest BCUT2D eigenvalue weighted by Gasteiger charge is -2.38. The van der Waals surface area contributed by atoms with Gasteiger partial charge >= 0.3 is 0 Å². The number of aryl methyl sites for hydroxylation is 1. The van der Waals surface area contributed by atoms with E-state index in [-0.39, 0.29) is 0 Å². The van der Waals surface area contributed by atoms with E-state index < -0.39 is 8.80 Å². The predicted octanol–water partition coefficient (Wildman–Crippen LogP) is 5.35. The third-order valence-corrected chi connectivity index (χ3v) is 10.8. The summed E-state index contributed by atoms with van der Waals surface area (Å²) in [5.74, 6) is 0. The van der Waals surface area contributed by atoms with Crippen LogP contribution >= 0.6 is 0 Å². The number of hydrogen-bond acceptors (Lipinski definition) is 0. The van der Waals surface area contributed by atoms with E-state index in [1.165, 1.54) is 44.9 Å². The molecule has 0 unspecified atom stereocenters. The van der Waals surface area contributed by atoms with Crippen LogP contribution in [0.5, 0.6) is 0 Å². The van der Waals surface area contributed by atoms with Gasteiger partial charge in [0.15, 0.2) is 0 Å². The summed E-state index contributed by atoms with van der Waals surface area (Å²) >= 11 is 0. The Labute approximate surface area is 133 Å². The fourth-order valence-electron chi connectivity index (χ4n) is 5.06. The highest BCUT2D eigenvalue weighted by Gasteiger charge is 2.34.